The molecular weight excluding hydrogens is 322 g/mol. The third-order valence-corrected chi connectivity index (χ3v) is 4.68. The van der Waals surface area contributed by atoms with Crippen molar-refractivity contribution >= 4 is 17.8 Å². The minimum Gasteiger partial charge on any atom is -0.481 e. The van der Waals surface area contributed by atoms with E-state index in [4.69, 9.17) is 9.84 Å². The van der Waals surface area contributed by atoms with Crippen LogP contribution in [0.25, 0.3) is 0 Å². The average molecular weight is 355 g/mol. The Hall–Kier alpha value is -1.59. The zero-order valence-corrected chi connectivity index (χ0v) is 16.0. The van der Waals surface area contributed by atoms with E-state index in [1.165, 1.54) is 0 Å². The lowest BCUT2D eigenvalue weighted by Crippen LogP contribution is -2.43. The second-order valence-electron chi connectivity index (χ2n) is 8.11. The van der Waals surface area contributed by atoms with Gasteiger partial charge >= 0.3 is 11.9 Å². The fraction of sp³-hybridized carbons (Fsp3) is 0.842. The van der Waals surface area contributed by atoms with Crippen molar-refractivity contribution in [3.63, 3.8) is 0 Å². The molecule has 144 valence electrons. The first-order chi connectivity index (χ1) is 11.6. The Bertz CT molecular complexity index is 475. The predicted octanol–water partition coefficient (Wildman–Crippen LogP) is 3.29. The maximum Gasteiger partial charge on any atom is 0.309 e. The Morgan fingerprint density at radius 2 is 1.80 bits per heavy atom. The van der Waals surface area contributed by atoms with E-state index in [2.05, 4.69) is 5.32 Å². The fourth-order valence-corrected chi connectivity index (χ4v) is 3.55. The first-order valence-corrected chi connectivity index (χ1v) is 9.32. The third kappa shape index (κ3) is 7.04. The summed E-state index contributed by atoms with van der Waals surface area (Å²) in [7, 11) is 0. The van der Waals surface area contributed by atoms with Gasteiger partial charge in [0.1, 0.15) is 5.60 Å². The zero-order chi connectivity index (χ0) is 19.1. The first kappa shape index (κ1) is 21.5. The highest BCUT2D eigenvalue weighted by molar-refractivity contribution is 5.84. The molecule has 1 aliphatic carbocycles. The van der Waals surface area contributed by atoms with Crippen molar-refractivity contribution < 1.29 is 24.2 Å². The summed E-state index contributed by atoms with van der Waals surface area (Å²) in [6.45, 7) is 7.68. The van der Waals surface area contributed by atoms with E-state index in [9.17, 15) is 14.4 Å². The molecule has 0 aromatic heterocycles. The van der Waals surface area contributed by atoms with Gasteiger partial charge < -0.3 is 15.2 Å². The molecule has 0 aromatic carbocycles. The Morgan fingerprint density at radius 3 is 2.28 bits per heavy atom. The van der Waals surface area contributed by atoms with Crippen LogP contribution in [0.2, 0.25) is 0 Å². The van der Waals surface area contributed by atoms with Crippen LogP contribution < -0.4 is 5.32 Å². The molecular formula is C19H33NO5. The monoisotopic (exact) mass is 355 g/mol. The van der Waals surface area contributed by atoms with Gasteiger partial charge in [0.2, 0.25) is 5.91 Å². The van der Waals surface area contributed by atoms with Gasteiger partial charge in [-0.05, 0) is 46.5 Å². The van der Waals surface area contributed by atoms with Crippen LogP contribution in [0.15, 0.2) is 0 Å². The Labute approximate surface area is 150 Å². The van der Waals surface area contributed by atoms with E-state index < -0.39 is 17.0 Å². The Balaban J connectivity index is 2.82. The van der Waals surface area contributed by atoms with Gasteiger partial charge in [-0.25, -0.2) is 0 Å². The van der Waals surface area contributed by atoms with Crippen LogP contribution >= 0.6 is 0 Å². The highest BCUT2D eigenvalue weighted by Gasteiger charge is 2.44. The first-order valence-electron chi connectivity index (χ1n) is 9.32. The van der Waals surface area contributed by atoms with Gasteiger partial charge in [0.05, 0.1) is 12.3 Å². The fourth-order valence-electron chi connectivity index (χ4n) is 3.55. The lowest BCUT2D eigenvalue weighted by molar-refractivity contribution is -0.162. The largest absolute Gasteiger partial charge is 0.481 e. The van der Waals surface area contributed by atoms with Crippen molar-refractivity contribution in [2.45, 2.75) is 84.7 Å². The van der Waals surface area contributed by atoms with Crippen LogP contribution in [0.3, 0.4) is 0 Å². The number of hydrogen-bond donors (Lipinski definition) is 2. The lowest BCUT2D eigenvalue weighted by Gasteiger charge is -2.32. The SMILES string of the molecule is CCC[C@H](CC1(C(=O)NCCC(=O)O)CCCC1)C(=O)OC(C)(C)C. The molecule has 0 aromatic rings. The van der Waals surface area contributed by atoms with Crippen LogP contribution in [-0.4, -0.2) is 35.1 Å². The molecule has 25 heavy (non-hydrogen) atoms. The summed E-state index contributed by atoms with van der Waals surface area (Å²) >= 11 is 0. The van der Waals surface area contributed by atoms with E-state index in [1.807, 2.05) is 27.7 Å². The molecule has 6 heteroatoms. The molecule has 6 nitrogen and oxygen atoms in total. The summed E-state index contributed by atoms with van der Waals surface area (Å²) in [5.41, 5.74) is -1.12. The Kier molecular flexibility index (Phi) is 7.90. The quantitative estimate of drug-likeness (QED) is 0.619. The molecule has 0 saturated heterocycles. The molecule has 2 N–H and O–H groups in total. The highest BCUT2D eigenvalue weighted by Crippen LogP contribution is 2.44. The number of carbonyl (C=O) groups excluding carboxylic acids is 2. The molecule has 1 aliphatic rings. The highest BCUT2D eigenvalue weighted by atomic mass is 16.6. The van der Waals surface area contributed by atoms with E-state index >= 15 is 0 Å². The normalized spacial score (nSPS) is 17.8. The number of esters is 1. The summed E-state index contributed by atoms with van der Waals surface area (Å²) < 4.78 is 5.55. The molecule has 1 saturated carbocycles. The molecule has 0 heterocycles. The topological polar surface area (TPSA) is 92.7 Å². The van der Waals surface area contributed by atoms with Gasteiger partial charge in [-0.3, -0.25) is 14.4 Å². The standard InChI is InChI=1S/C19H33NO5/c1-5-8-14(16(23)25-18(2,3)4)13-19(10-6-7-11-19)17(24)20-12-9-15(21)22/h14H,5-13H2,1-4H3,(H,20,24)(H,21,22)/t14-/m1/s1. The molecule has 1 fully saturated rings. The van der Waals surface area contributed by atoms with Crippen molar-refractivity contribution in [2.75, 3.05) is 6.54 Å². The van der Waals surface area contributed by atoms with Crippen molar-refractivity contribution in [1.29, 1.82) is 0 Å². The number of rotatable bonds is 9. The van der Waals surface area contributed by atoms with Crippen molar-refractivity contribution in [2.24, 2.45) is 11.3 Å². The van der Waals surface area contributed by atoms with E-state index in [-0.39, 0.29) is 30.8 Å². The van der Waals surface area contributed by atoms with Crippen molar-refractivity contribution in [3.8, 4) is 0 Å². The molecule has 0 unspecified atom stereocenters. The summed E-state index contributed by atoms with van der Waals surface area (Å²) in [4.78, 5) is 36.0. The van der Waals surface area contributed by atoms with Crippen LogP contribution in [0.5, 0.6) is 0 Å². The summed E-state index contributed by atoms with van der Waals surface area (Å²) in [6, 6.07) is 0. The lowest BCUT2D eigenvalue weighted by atomic mass is 9.75. The van der Waals surface area contributed by atoms with Crippen LogP contribution in [0, 0.1) is 11.3 Å². The maximum atomic E-state index is 12.7. The van der Waals surface area contributed by atoms with Crippen LogP contribution in [-0.2, 0) is 19.1 Å². The van der Waals surface area contributed by atoms with Crippen molar-refractivity contribution in [1.82, 2.24) is 5.32 Å². The average Bonchev–Trinajstić information content (AvgIpc) is 2.94. The number of aliphatic carboxylic acids is 1. The number of carboxylic acid groups (broad SMARTS) is 1. The molecule has 1 rings (SSSR count). The summed E-state index contributed by atoms with van der Waals surface area (Å²) in [6.07, 6.45) is 5.34. The molecule has 1 atom stereocenters. The molecule has 0 aliphatic heterocycles. The van der Waals surface area contributed by atoms with E-state index in [0.717, 1.165) is 32.1 Å². The van der Waals surface area contributed by atoms with Gasteiger partial charge in [0.25, 0.3) is 0 Å². The van der Waals surface area contributed by atoms with Crippen LogP contribution in [0.1, 0.15) is 79.1 Å². The van der Waals surface area contributed by atoms with Crippen molar-refractivity contribution in [3.05, 3.63) is 0 Å². The number of hydrogen-bond acceptors (Lipinski definition) is 4. The minimum absolute atomic E-state index is 0.0910. The van der Waals surface area contributed by atoms with Gasteiger partial charge in [-0.15, -0.1) is 0 Å². The Morgan fingerprint density at radius 1 is 1.20 bits per heavy atom. The van der Waals surface area contributed by atoms with E-state index in [0.29, 0.717) is 12.8 Å². The maximum absolute atomic E-state index is 12.7. The van der Waals surface area contributed by atoms with Gasteiger partial charge in [0, 0.05) is 12.0 Å². The predicted molar refractivity (Wildman–Crippen MR) is 95.0 cm³/mol. The van der Waals surface area contributed by atoms with Gasteiger partial charge in [-0.2, -0.15) is 0 Å². The number of carbonyl (C=O) groups is 3. The number of carboxylic acids is 1. The smallest absolute Gasteiger partial charge is 0.309 e. The van der Waals surface area contributed by atoms with Gasteiger partial charge in [0.15, 0.2) is 0 Å². The zero-order valence-electron chi connectivity index (χ0n) is 16.0. The molecule has 0 radical (unpaired) electrons. The number of amides is 1. The van der Waals surface area contributed by atoms with E-state index in [1.54, 1.807) is 0 Å². The summed E-state index contributed by atoms with van der Waals surface area (Å²) in [5, 5.41) is 11.5. The number of ether oxygens (including phenoxy) is 1. The molecule has 1 amide bonds. The molecule has 0 bridgehead atoms. The van der Waals surface area contributed by atoms with Crippen LogP contribution in [0.4, 0.5) is 0 Å². The molecule has 0 spiro atoms. The summed E-state index contributed by atoms with van der Waals surface area (Å²) in [5.74, 6) is -1.58. The van der Waals surface area contributed by atoms with Gasteiger partial charge in [-0.1, -0.05) is 26.2 Å². The second-order valence-corrected chi connectivity index (χ2v) is 8.11. The minimum atomic E-state index is -0.932. The number of nitrogens with one attached hydrogen (secondary N) is 1. The third-order valence-electron chi connectivity index (χ3n) is 4.68. The second kappa shape index (κ2) is 9.20.